The third-order valence-corrected chi connectivity index (χ3v) is 5.06. The van der Waals surface area contributed by atoms with Gasteiger partial charge in [0.25, 0.3) is 5.91 Å². The van der Waals surface area contributed by atoms with Crippen LogP contribution in [0.1, 0.15) is 15.9 Å². The molecule has 0 spiro atoms. The Hall–Kier alpha value is -2.10. The van der Waals surface area contributed by atoms with E-state index in [0.29, 0.717) is 12.1 Å². The molecular formula is C13H12F3NO5S. The van der Waals surface area contributed by atoms with Crippen molar-refractivity contribution in [2.75, 3.05) is 18.1 Å². The number of halogens is 3. The van der Waals surface area contributed by atoms with Gasteiger partial charge >= 0.3 is 12.1 Å². The molecule has 10 heteroatoms. The molecule has 1 aromatic rings. The van der Waals surface area contributed by atoms with E-state index in [-0.39, 0.29) is 17.9 Å². The summed E-state index contributed by atoms with van der Waals surface area (Å²) in [6.45, 7) is -0.320. The largest absolute Gasteiger partial charge is 0.480 e. The van der Waals surface area contributed by atoms with Crippen molar-refractivity contribution >= 4 is 21.7 Å². The van der Waals surface area contributed by atoms with Crippen LogP contribution in [-0.4, -0.2) is 54.4 Å². The van der Waals surface area contributed by atoms with Gasteiger partial charge in [-0.2, -0.15) is 13.2 Å². The Labute approximate surface area is 129 Å². The first-order valence-corrected chi connectivity index (χ1v) is 8.25. The minimum Gasteiger partial charge on any atom is -0.480 e. The summed E-state index contributed by atoms with van der Waals surface area (Å²) in [5.41, 5.74) is -1.08. The Morgan fingerprint density at radius 1 is 1.17 bits per heavy atom. The number of carbonyl (C=O) groups excluding carboxylic acids is 1. The van der Waals surface area contributed by atoms with Crippen LogP contribution in [0.25, 0.3) is 0 Å². The molecule has 1 aliphatic rings. The number of hydrogen-bond donors (Lipinski definition) is 1. The van der Waals surface area contributed by atoms with Crippen molar-refractivity contribution in [3.05, 3.63) is 35.4 Å². The number of alkyl halides is 3. The lowest BCUT2D eigenvalue weighted by molar-refractivity contribution is -0.141. The van der Waals surface area contributed by atoms with E-state index in [9.17, 15) is 31.2 Å². The molecule has 1 heterocycles. The van der Waals surface area contributed by atoms with Crippen molar-refractivity contribution in [2.45, 2.75) is 12.2 Å². The van der Waals surface area contributed by atoms with Crippen LogP contribution in [0.2, 0.25) is 0 Å². The highest BCUT2D eigenvalue weighted by atomic mass is 32.2. The van der Waals surface area contributed by atoms with Gasteiger partial charge in [-0.1, -0.05) is 0 Å². The number of hydrogen-bond acceptors (Lipinski definition) is 4. The number of sulfone groups is 1. The molecule has 0 saturated carbocycles. The number of amides is 1. The van der Waals surface area contributed by atoms with Crippen molar-refractivity contribution in [3.63, 3.8) is 0 Å². The lowest BCUT2D eigenvalue weighted by Gasteiger charge is -2.32. The third kappa shape index (κ3) is 3.81. The fourth-order valence-corrected chi connectivity index (χ4v) is 3.67. The first-order valence-electron chi connectivity index (χ1n) is 6.43. The second-order valence-corrected chi connectivity index (χ2v) is 7.27. The van der Waals surface area contributed by atoms with Crippen LogP contribution in [0.15, 0.2) is 24.3 Å². The van der Waals surface area contributed by atoms with Gasteiger partial charge < -0.3 is 10.0 Å². The minimum atomic E-state index is -4.55. The average molecular weight is 351 g/mol. The highest BCUT2D eigenvalue weighted by Crippen LogP contribution is 2.29. The van der Waals surface area contributed by atoms with Gasteiger partial charge in [-0.3, -0.25) is 4.79 Å². The van der Waals surface area contributed by atoms with Gasteiger partial charge in [0.05, 0.1) is 17.1 Å². The molecule has 0 aliphatic carbocycles. The van der Waals surface area contributed by atoms with E-state index >= 15 is 0 Å². The van der Waals surface area contributed by atoms with Crippen LogP contribution < -0.4 is 0 Å². The fraction of sp³-hybridized carbons (Fsp3) is 0.385. The molecule has 0 radical (unpaired) electrons. The molecule has 0 aromatic heterocycles. The summed E-state index contributed by atoms with van der Waals surface area (Å²) in [6, 6.07) is 1.75. The summed E-state index contributed by atoms with van der Waals surface area (Å²) in [4.78, 5) is 24.3. The summed E-state index contributed by atoms with van der Waals surface area (Å²) in [5, 5.41) is 9.08. The van der Waals surface area contributed by atoms with Crippen LogP contribution in [-0.2, 0) is 20.8 Å². The predicted octanol–water partition coefficient (Wildman–Crippen LogP) is 1.03. The van der Waals surface area contributed by atoms with Crippen LogP contribution in [0, 0.1) is 0 Å². The maximum atomic E-state index is 12.5. The Bertz CT molecular complexity index is 727. The standard InChI is InChI=1S/C13H12F3NO5S/c14-13(15,16)9-3-1-8(2-4-9)11(18)17-5-6-23(21,22)7-10(17)12(19)20/h1-4,10H,5-7H2,(H,19,20). The number of carboxylic acids is 1. The maximum Gasteiger partial charge on any atom is 0.416 e. The summed E-state index contributed by atoms with van der Waals surface area (Å²) >= 11 is 0. The van der Waals surface area contributed by atoms with Crippen LogP contribution in [0.3, 0.4) is 0 Å². The Morgan fingerprint density at radius 2 is 1.74 bits per heavy atom. The smallest absolute Gasteiger partial charge is 0.416 e. The zero-order chi connectivity index (χ0) is 17.4. The number of rotatable bonds is 2. The van der Waals surface area contributed by atoms with E-state index in [1.54, 1.807) is 0 Å². The molecule has 1 amide bonds. The lowest BCUT2D eigenvalue weighted by Crippen LogP contribution is -2.54. The number of carboxylic acid groups (broad SMARTS) is 1. The van der Waals surface area contributed by atoms with E-state index < -0.39 is 45.2 Å². The van der Waals surface area contributed by atoms with Crippen LogP contribution in [0.5, 0.6) is 0 Å². The van der Waals surface area contributed by atoms with Crippen LogP contribution >= 0.6 is 0 Å². The zero-order valence-corrected chi connectivity index (χ0v) is 12.4. The fourth-order valence-electron chi connectivity index (χ4n) is 2.22. The number of nitrogens with zero attached hydrogens (tertiary/aromatic N) is 1. The maximum absolute atomic E-state index is 12.5. The van der Waals surface area contributed by atoms with Crippen molar-refractivity contribution in [3.8, 4) is 0 Å². The second kappa shape index (κ2) is 5.84. The van der Waals surface area contributed by atoms with E-state index in [1.807, 2.05) is 0 Å². The van der Waals surface area contributed by atoms with Gasteiger partial charge in [-0.15, -0.1) is 0 Å². The van der Waals surface area contributed by atoms with Gasteiger partial charge in [0.2, 0.25) is 0 Å². The SMILES string of the molecule is O=C(O)C1CS(=O)(=O)CCN1C(=O)c1ccc(C(F)(F)F)cc1. The Balaban J connectivity index is 2.27. The van der Waals surface area contributed by atoms with Gasteiger partial charge in [-0.05, 0) is 24.3 Å². The van der Waals surface area contributed by atoms with E-state index in [0.717, 1.165) is 17.0 Å². The Kier molecular flexibility index (Phi) is 4.38. The van der Waals surface area contributed by atoms with E-state index in [2.05, 4.69) is 0 Å². The highest BCUT2D eigenvalue weighted by Gasteiger charge is 2.39. The predicted molar refractivity (Wildman–Crippen MR) is 72.6 cm³/mol. The zero-order valence-electron chi connectivity index (χ0n) is 11.6. The van der Waals surface area contributed by atoms with Gasteiger partial charge in [0, 0.05) is 12.1 Å². The van der Waals surface area contributed by atoms with Crippen molar-refractivity contribution in [1.82, 2.24) is 4.90 Å². The topological polar surface area (TPSA) is 91.8 Å². The van der Waals surface area contributed by atoms with Crippen molar-refractivity contribution in [2.24, 2.45) is 0 Å². The number of carbonyl (C=O) groups is 2. The normalized spacial score (nSPS) is 21.0. The molecule has 1 aliphatic heterocycles. The van der Waals surface area contributed by atoms with Gasteiger partial charge in [0.15, 0.2) is 9.84 Å². The summed E-state index contributed by atoms with van der Waals surface area (Å²) < 4.78 is 60.5. The molecule has 126 valence electrons. The lowest BCUT2D eigenvalue weighted by atomic mass is 10.1. The second-order valence-electron chi connectivity index (χ2n) is 5.04. The monoisotopic (exact) mass is 351 g/mol. The molecule has 1 N–H and O–H groups in total. The van der Waals surface area contributed by atoms with Crippen molar-refractivity contribution in [1.29, 1.82) is 0 Å². The summed E-state index contributed by atoms with van der Waals surface area (Å²) in [6.07, 6.45) is -4.55. The molecule has 1 saturated heterocycles. The number of benzene rings is 1. The van der Waals surface area contributed by atoms with Gasteiger partial charge in [0.1, 0.15) is 6.04 Å². The van der Waals surface area contributed by atoms with E-state index in [1.165, 1.54) is 0 Å². The first kappa shape index (κ1) is 17.3. The average Bonchev–Trinajstić information content (AvgIpc) is 2.45. The molecule has 0 bridgehead atoms. The first-order chi connectivity index (χ1) is 10.5. The highest BCUT2D eigenvalue weighted by molar-refractivity contribution is 7.91. The quantitative estimate of drug-likeness (QED) is 0.859. The molecule has 6 nitrogen and oxygen atoms in total. The molecule has 1 atom stereocenters. The van der Waals surface area contributed by atoms with E-state index in [4.69, 9.17) is 5.11 Å². The van der Waals surface area contributed by atoms with Gasteiger partial charge in [-0.25, -0.2) is 13.2 Å². The van der Waals surface area contributed by atoms with Crippen molar-refractivity contribution < 1.29 is 36.3 Å². The van der Waals surface area contributed by atoms with Crippen LogP contribution in [0.4, 0.5) is 13.2 Å². The molecule has 1 unspecified atom stereocenters. The molecule has 1 fully saturated rings. The molecular weight excluding hydrogens is 339 g/mol. The minimum absolute atomic E-state index is 0.136. The summed E-state index contributed by atoms with van der Waals surface area (Å²) in [7, 11) is -3.58. The molecule has 2 rings (SSSR count). The number of aliphatic carboxylic acids is 1. The molecule has 23 heavy (non-hydrogen) atoms. The summed E-state index contributed by atoms with van der Waals surface area (Å²) in [5.74, 6) is -3.40. The molecule has 1 aromatic carbocycles. The third-order valence-electron chi connectivity index (χ3n) is 3.44. The Morgan fingerprint density at radius 3 is 2.22 bits per heavy atom.